The highest BCUT2D eigenvalue weighted by Gasteiger charge is 2.52. The number of β-lactam (4-membered cyclic amide) rings is 1. The van der Waals surface area contributed by atoms with Crippen molar-refractivity contribution in [2.45, 2.75) is 28.4 Å². The average molecular weight is 695 g/mol. The number of carbonyl (C=O) groups is 1. The quantitative estimate of drug-likeness (QED) is 0.117. The van der Waals surface area contributed by atoms with E-state index in [-0.39, 0.29) is 5.91 Å². The van der Waals surface area contributed by atoms with Gasteiger partial charge in [0, 0.05) is 27.0 Å². The second kappa shape index (κ2) is 12.4. The summed E-state index contributed by atoms with van der Waals surface area (Å²) < 4.78 is 14.0. The van der Waals surface area contributed by atoms with Crippen LogP contribution in [-0.2, 0) is 4.79 Å². The topological polar surface area (TPSA) is 64.5 Å². The Morgan fingerprint density at radius 3 is 2.47 bits per heavy atom. The molecule has 10 heteroatoms. The standard InChI is InChI=1S/C37H25Cl2N3O3S2/c1-2-44-25-16-14-24(15-17-25)42-33(34(36(42)43)45-30-18-13-23(38)20-28(30)39)27-19-22-12-11-21-7-3-4-8-26(21)32(22)41-35(27)47-37-40-29-9-5-6-10-31(29)46-37/h3-20,33-34H,2H2,1H3. The number of amides is 1. The molecular weight excluding hydrogens is 669 g/mol. The van der Waals surface area contributed by atoms with E-state index in [1.807, 2.05) is 61.5 Å². The molecule has 1 saturated heterocycles. The number of para-hydroxylation sites is 1. The molecule has 2 atom stereocenters. The smallest absolute Gasteiger partial charge is 0.271 e. The maximum absolute atomic E-state index is 14.0. The molecule has 1 fully saturated rings. The first-order valence-electron chi connectivity index (χ1n) is 15.0. The van der Waals surface area contributed by atoms with Crippen LogP contribution in [0.2, 0.25) is 10.0 Å². The molecule has 6 nitrogen and oxygen atoms in total. The number of rotatable bonds is 8. The Bertz CT molecular complexity index is 2280. The van der Waals surface area contributed by atoms with Gasteiger partial charge in [0.1, 0.15) is 22.6 Å². The van der Waals surface area contributed by atoms with Gasteiger partial charge in [0.2, 0.25) is 6.10 Å². The zero-order chi connectivity index (χ0) is 32.1. The van der Waals surface area contributed by atoms with Gasteiger partial charge in [-0.3, -0.25) is 9.69 Å². The van der Waals surface area contributed by atoms with Crippen LogP contribution in [0.5, 0.6) is 11.5 Å². The van der Waals surface area contributed by atoms with Crippen molar-refractivity contribution in [2.24, 2.45) is 0 Å². The van der Waals surface area contributed by atoms with Gasteiger partial charge >= 0.3 is 0 Å². The summed E-state index contributed by atoms with van der Waals surface area (Å²) >= 11 is 15.8. The molecule has 1 aliphatic rings. The summed E-state index contributed by atoms with van der Waals surface area (Å²) in [6.45, 7) is 2.49. The van der Waals surface area contributed by atoms with E-state index in [1.54, 1.807) is 34.4 Å². The molecular formula is C37H25Cl2N3O3S2. The second-order valence-corrected chi connectivity index (χ2v) is 14.1. The molecule has 2 unspecified atom stereocenters. The van der Waals surface area contributed by atoms with Crippen LogP contribution in [0.25, 0.3) is 31.9 Å². The predicted molar refractivity (Wildman–Crippen MR) is 192 cm³/mol. The summed E-state index contributed by atoms with van der Waals surface area (Å²) in [5, 5.41) is 4.67. The van der Waals surface area contributed by atoms with Crippen LogP contribution in [0.1, 0.15) is 18.5 Å². The first-order valence-corrected chi connectivity index (χ1v) is 17.4. The maximum Gasteiger partial charge on any atom is 0.271 e. The number of carbonyl (C=O) groups excluding carboxylic acids is 1. The van der Waals surface area contributed by atoms with Crippen molar-refractivity contribution in [3.8, 4) is 11.5 Å². The molecule has 1 amide bonds. The Labute approximate surface area is 288 Å². The van der Waals surface area contributed by atoms with Gasteiger partial charge in [0.05, 0.1) is 27.4 Å². The largest absolute Gasteiger partial charge is 0.494 e. The molecule has 232 valence electrons. The normalized spacial score (nSPS) is 16.1. The minimum absolute atomic E-state index is 0.195. The Balaban J connectivity index is 1.30. The van der Waals surface area contributed by atoms with E-state index in [0.717, 1.165) is 58.3 Å². The van der Waals surface area contributed by atoms with Gasteiger partial charge in [0.15, 0.2) is 4.34 Å². The first kappa shape index (κ1) is 30.0. The van der Waals surface area contributed by atoms with Crippen LogP contribution in [0.3, 0.4) is 0 Å². The van der Waals surface area contributed by atoms with Gasteiger partial charge in [-0.05, 0) is 84.7 Å². The van der Waals surface area contributed by atoms with E-state index < -0.39 is 12.1 Å². The zero-order valence-electron chi connectivity index (χ0n) is 24.9. The SMILES string of the molecule is CCOc1ccc(N2C(=O)C(Oc3ccc(Cl)cc3Cl)C2c2cc3ccc4ccccc4c3nc2Sc2nc3ccccc3s2)cc1. The number of fused-ring (bicyclic) bond motifs is 4. The van der Waals surface area contributed by atoms with Crippen LogP contribution >= 0.6 is 46.3 Å². The number of pyridine rings is 1. The van der Waals surface area contributed by atoms with Gasteiger partial charge in [-0.25, -0.2) is 9.97 Å². The Morgan fingerprint density at radius 1 is 0.872 bits per heavy atom. The zero-order valence-corrected chi connectivity index (χ0v) is 28.0. The molecule has 7 aromatic rings. The van der Waals surface area contributed by atoms with Crippen LogP contribution in [0.4, 0.5) is 5.69 Å². The fraction of sp³-hybridized carbons (Fsp3) is 0.108. The van der Waals surface area contributed by atoms with Gasteiger partial charge < -0.3 is 9.47 Å². The van der Waals surface area contributed by atoms with E-state index in [2.05, 4.69) is 36.4 Å². The van der Waals surface area contributed by atoms with Gasteiger partial charge in [-0.2, -0.15) is 0 Å². The molecule has 0 aliphatic carbocycles. The van der Waals surface area contributed by atoms with Gasteiger partial charge in [0.25, 0.3) is 5.91 Å². The number of anilines is 1. The van der Waals surface area contributed by atoms with Crippen molar-refractivity contribution >= 4 is 89.8 Å². The maximum atomic E-state index is 14.0. The highest BCUT2D eigenvalue weighted by Crippen LogP contribution is 2.48. The lowest BCUT2D eigenvalue weighted by molar-refractivity contribution is -0.135. The molecule has 2 aromatic heterocycles. The summed E-state index contributed by atoms with van der Waals surface area (Å²) in [5.74, 6) is 0.915. The van der Waals surface area contributed by atoms with Crippen molar-refractivity contribution in [2.75, 3.05) is 11.5 Å². The lowest BCUT2D eigenvalue weighted by atomic mass is 9.89. The van der Waals surface area contributed by atoms with E-state index in [1.165, 1.54) is 11.8 Å². The third-order valence-electron chi connectivity index (χ3n) is 8.10. The second-order valence-electron chi connectivity index (χ2n) is 11.0. The number of hydrogen-bond acceptors (Lipinski definition) is 7. The van der Waals surface area contributed by atoms with Crippen molar-refractivity contribution in [3.63, 3.8) is 0 Å². The number of aromatic nitrogens is 2. The van der Waals surface area contributed by atoms with Gasteiger partial charge in [-0.1, -0.05) is 71.7 Å². The van der Waals surface area contributed by atoms with Crippen molar-refractivity contribution in [1.29, 1.82) is 0 Å². The fourth-order valence-corrected chi connectivity index (χ4v) is 8.49. The summed E-state index contributed by atoms with van der Waals surface area (Å²) in [6, 6.07) is 34.6. The molecule has 0 spiro atoms. The van der Waals surface area contributed by atoms with Crippen LogP contribution in [0.15, 0.2) is 119 Å². The summed E-state index contributed by atoms with van der Waals surface area (Å²) in [5.41, 5.74) is 3.38. The van der Waals surface area contributed by atoms with Crippen LogP contribution in [0, 0.1) is 0 Å². The molecule has 0 bridgehead atoms. The molecule has 5 aromatic carbocycles. The highest BCUT2D eigenvalue weighted by atomic mass is 35.5. The van der Waals surface area contributed by atoms with Crippen LogP contribution in [-0.4, -0.2) is 28.6 Å². The Kier molecular flexibility index (Phi) is 7.89. The minimum atomic E-state index is -0.866. The summed E-state index contributed by atoms with van der Waals surface area (Å²) in [7, 11) is 0. The number of ether oxygens (including phenoxy) is 2. The highest BCUT2D eigenvalue weighted by molar-refractivity contribution is 8.01. The monoisotopic (exact) mass is 693 g/mol. The van der Waals surface area contributed by atoms with E-state index in [9.17, 15) is 4.79 Å². The minimum Gasteiger partial charge on any atom is -0.494 e. The summed E-state index contributed by atoms with van der Waals surface area (Å²) in [6.07, 6.45) is -0.866. The third kappa shape index (κ3) is 5.55. The van der Waals surface area contributed by atoms with Crippen molar-refractivity contribution in [1.82, 2.24) is 9.97 Å². The lowest BCUT2D eigenvalue weighted by Crippen LogP contribution is -2.61. The van der Waals surface area contributed by atoms with E-state index in [4.69, 9.17) is 42.6 Å². The predicted octanol–water partition coefficient (Wildman–Crippen LogP) is 10.4. The average Bonchev–Trinajstić information content (AvgIpc) is 3.50. The first-order chi connectivity index (χ1) is 23.0. The third-order valence-corrected chi connectivity index (χ3v) is 10.7. The molecule has 8 rings (SSSR count). The van der Waals surface area contributed by atoms with Crippen LogP contribution < -0.4 is 14.4 Å². The Hall–Kier alpha value is -4.34. The van der Waals surface area contributed by atoms with Crippen molar-refractivity contribution < 1.29 is 14.3 Å². The van der Waals surface area contributed by atoms with E-state index >= 15 is 0 Å². The number of benzene rings is 5. The molecule has 1 aliphatic heterocycles. The molecule has 0 N–H and O–H groups in total. The molecule has 3 heterocycles. The summed E-state index contributed by atoms with van der Waals surface area (Å²) in [4.78, 5) is 26.0. The van der Waals surface area contributed by atoms with E-state index in [0.29, 0.717) is 22.4 Å². The number of nitrogens with zero attached hydrogens (tertiary/aromatic N) is 3. The number of hydrogen-bond donors (Lipinski definition) is 0. The van der Waals surface area contributed by atoms with Crippen molar-refractivity contribution in [3.05, 3.63) is 125 Å². The molecule has 0 saturated carbocycles. The number of thiazole rings is 1. The Morgan fingerprint density at radius 2 is 1.66 bits per heavy atom. The molecule has 0 radical (unpaired) electrons. The number of halogens is 2. The lowest BCUT2D eigenvalue weighted by Gasteiger charge is -2.47. The molecule has 47 heavy (non-hydrogen) atoms. The van der Waals surface area contributed by atoms with Gasteiger partial charge in [-0.15, -0.1) is 11.3 Å². The fourth-order valence-electron chi connectivity index (χ4n) is 5.92.